The van der Waals surface area contributed by atoms with Crippen molar-refractivity contribution in [1.29, 1.82) is 0 Å². The van der Waals surface area contributed by atoms with Gasteiger partial charge in [0.15, 0.2) is 0 Å². The Labute approximate surface area is 103 Å². The van der Waals surface area contributed by atoms with E-state index in [1.165, 1.54) is 31.9 Å². The Bertz CT molecular complexity index is 354. The van der Waals surface area contributed by atoms with Gasteiger partial charge in [0, 0.05) is 12.6 Å². The summed E-state index contributed by atoms with van der Waals surface area (Å²) >= 11 is 0. The summed E-state index contributed by atoms with van der Waals surface area (Å²) in [6.07, 6.45) is 5.00. The van der Waals surface area contributed by atoms with Crippen molar-refractivity contribution in [2.24, 2.45) is 0 Å². The topological polar surface area (TPSA) is 15.3 Å². The first-order valence-corrected chi connectivity index (χ1v) is 6.46. The van der Waals surface area contributed by atoms with Gasteiger partial charge in [0.25, 0.3) is 0 Å². The van der Waals surface area contributed by atoms with E-state index >= 15 is 0 Å². The Morgan fingerprint density at radius 1 is 1.35 bits per heavy atom. The fraction of sp³-hybridized carbons (Fsp3) is 0.571. The van der Waals surface area contributed by atoms with E-state index in [1.807, 2.05) is 6.07 Å². The molecule has 1 unspecified atom stereocenters. The van der Waals surface area contributed by atoms with Crippen LogP contribution >= 0.6 is 0 Å². The minimum absolute atomic E-state index is 0.163. The highest BCUT2D eigenvalue weighted by atomic mass is 19.1. The summed E-state index contributed by atoms with van der Waals surface area (Å²) in [6, 6.07) is 7.52. The number of hydrogen-bond acceptors (Lipinski definition) is 2. The SMILES string of the molecule is CN1CCCCC1CCNc1ccccc1F. The predicted octanol–water partition coefficient (Wildman–Crippen LogP) is 3.11. The van der Waals surface area contributed by atoms with Crippen LogP contribution in [0.25, 0.3) is 0 Å². The average Bonchev–Trinajstić information content (AvgIpc) is 2.34. The quantitative estimate of drug-likeness (QED) is 0.864. The fourth-order valence-corrected chi connectivity index (χ4v) is 2.49. The van der Waals surface area contributed by atoms with Crippen molar-refractivity contribution in [3.8, 4) is 0 Å². The second-order valence-electron chi connectivity index (χ2n) is 4.83. The van der Waals surface area contributed by atoms with Crippen molar-refractivity contribution >= 4 is 5.69 Å². The Balaban J connectivity index is 1.77. The zero-order valence-electron chi connectivity index (χ0n) is 10.5. The highest BCUT2D eigenvalue weighted by molar-refractivity contribution is 5.44. The number of nitrogens with one attached hydrogen (secondary N) is 1. The molecule has 0 amide bonds. The summed E-state index contributed by atoms with van der Waals surface area (Å²) in [6.45, 7) is 2.04. The van der Waals surface area contributed by atoms with E-state index in [0.717, 1.165) is 13.0 Å². The zero-order valence-corrected chi connectivity index (χ0v) is 10.5. The molecule has 2 rings (SSSR count). The van der Waals surface area contributed by atoms with Gasteiger partial charge < -0.3 is 10.2 Å². The summed E-state index contributed by atoms with van der Waals surface area (Å²) in [5.74, 6) is -0.163. The molecule has 0 saturated carbocycles. The van der Waals surface area contributed by atoms with Crippen LogP contribution in [0.1, 0.15) is 25.7 Å². The second-order valence-corrected chi connectivity index (χ2v) is 4.83. The summed E-state index contributed by atoms with van der Waals surface area (Å²) in [7, 11) is 2.19. The molecule has 0 aromatic heterocycles. The lowest BCUT2D eigenvalue weighted by Crippen LogP contribution is -2.37. The predicted molar refractivity (Wildman–Crippen MR) is 69.8 cm³/mol. The Morgan fingerprint density at radius 2 is 2.18 bits per heavy atom. The van der Waals surface area contributed by atoms with Crippen LogP contribution in [0.3, 0.4) is 0 Å². The van der Waals surface area contributed by atoms with Crippen molar-refractivity contribution in [2.45, 2.75) is 31.7 Å². The minimum atomic E-state index is -0.163. The maximum Gasteiger partial charge on any atom is 0.146 e. The number of benzene rings is 1. The van der Waals surface area contributed by atoms with Gasteiger partial charge in [0.1, 0.15) is 5.82 Å². The Morgan fingerprint density at radius 3 is 2.94 bits per heavy atom. The number of hydrogen-bond donors (Lipinski definition) is 1. The van der Waals surface area contributed by atoms with E-state index in [2.05, 4.69) is 17.3 Å². The van der Waals surface area contributed by atoms with E-state index < -0.39 is 0 Å². The molecular weight excluding hydrogens is 215 g/mol. The molecule has 1 aliphatic heterocycles. The van der Waals surface area contributed by atoms with Crippen LogP contribution in [0.4, 0.5) is 10.1 Å². The molecule has 1 heterocycles. The van der Waals surface area contributed by atoms with E-state index in [-0.39, 0.29) is 5.82 Å². The molecule has 1 aromatic carbocycles. The van der Waals surface area contributed by atoms with Crippen LogP contribution in [-0.4, -0.2) is 31.1 Å². The van der Waals surface area contributed by atoms with Crippen LogP contribution in [0.2, 0.25) is 0 Å². The first-order valence-electron chi connectivity index (χ1n) is 6.46. The van der Waals surface area contributed by atoms with Gasteiger partial charge in [0.05, 0.1) is 5.69 Å². The lowest BCUT2D eigenvalue weighted by Gasteiger charge is -2.32. The van der Waals surface area contributed by atoms with E-state index in [1.54, 1.807) is 12.1 Å². The van der Waals surface area contributed by atoms with Gasteiger partial charge in [-0.15, -0.1) is 0 Å². The van der Waals surface area contributed by atoms with Crippen molar-refractivity contribution in [1.82, 2.24) is 4.90 Å². The number of anilines is 1. The maximum absolute atomic E-state index is 13.4. The lowest BCUT2D eigenvalue weighted by molar-refractivity contribution is 0.179. The van der Waals surface area contributed by atoms with Gasteiger partial charge in [-0.3, -0.25) is 0 Å². The van der Waals surface area contributed by atoms with E-state index in [4.69, 9.17) is 0 Å². The first-order chi connectivity index (χ1) is 8.27. The number of halogens is 1. The van der Waals surface area contributed by atoms with Crippen LogP contribution in [0.15, 0.2) is 24.3 Å². The molecule has 0 bridgehead atoms. The molecule has 0 radical (unpaired) electrons. The standard InChI is InChI=1S/C14H21FN2/c1-17-11-5-4-6-12(17)9-10-16-14-8-3-2-7-13(14)15/h2-3,7-8,12,16H,4-6,9-11H2,1H3. The first kappa shape index (κ1) is 12.4. The van der Waals surface area contributed by atoms with Crippen LogP contribution < -0.4 is 5.32 Å². The van der Waals surface area contributed by atoms with Gasteiger partial charge in [-0.05, 0) is 45.0 Å². The summed E-state index contributed by atoms with van der Waals surface area (Å²) in [5.41, 5.74) is 0.617. The fourth-order valence-electron chi connectivity index (χ4n) is 2.49. The third kappa shape index (κ3) is 3.43. The molecular formula is C14H21FN2. The van der Waals surface area contributed by atoms with Crippen LogP contribution in [0.5, 0.6) is 0 Å². The second kappa shape index (κ2) is 6.01. The van der Waals surface area contributed by atoms with E-state index in [9.17, 15) is 4.39 Å². The normalized spacial score (nSPS) is 21.4. The average molecular weight is 236 g/mol. The summed E-state index contributed by atoms with van der Waals surface area (Å²) in [4.78, 5) is 2.42. The molecule has 1 fully saturated rings. The molecule has 3 heteroatoms. The smallest absolute Gasteiger partial charge is 0.146 e. The van der Waals surface area contributed by atoms with Crippen LogP contribution in [0, 0.1) is 5.82 Å². The molecule has 1 atom stereocenters. The summed E-state index contributed by atoms with van der Waals surface area (Å²) in [5, 5.41) is 3.18. The number of para-hydroxylation sites is 1. The molecule has 17 heavy (non-hydrogen) atoms. The number of rotatable bonds is 4. The highest BCUT2D eigenvalue weighted by Gasteiger charge is 2.18. The maximum atomic E-state index is 13.4. The monoisotopic (exact) mass is 236 g/mol. The van der Waals surface area contributed by atoms with Crippen molar-refractivity contribution in [3.63, 3.8) is 0 Å². The number of piperidine rings is 1. The van der Waals surface area contributed by atoms with Gasteiger partial charge >= 0.3 is 0 Å². The third-order valence-corrected chi connectivity index (χ3v) is 3.59. The molecule has 1 aromatic rings. The molecule has 94 valence electrons. The minimum Gasteiger partial charge on any atom is -0.383 e. The molecule has 1 N–H and O–H groups in total. The van der Waals surface area contributed by atoms with Gasteiger partial charge in [-0.1, -0.05) is 18.6 Å². The largest absolute Gasteiger partial charge is 0.383 e. The van der Waals surface area contributed by atoms with E-state index in [0.29, 0.717) is 11.7 Å². The molecule has 0 spiro atoms. The Hall–Kier alpha value is -1.09. The van der Waals surface area contributed by atoms with Crippen molar-refractivity contribution in [2.75, 3.05) is 25.5 Å². The molecule has 1 saturated heterocycles. The van der Waals surface area contributed by atoms with Crippen molar-refractivity contribution in [3.05, 3.63) is 30.1 Å². The molecule has 2 nitrogen and oxygen atoms in total. The zero-order chi connectivity index (χ0) is 12.1. The number of nitrogens with zero attached hydrogens (tertiary/aromatic N) is 1. The van der Waals surface area contributed by atoms with Crippen LogP contribution in [-0.2, 0) is 0 Å². The summed E-state index contributed by atoms with van der Waals surface area (Å²) < 4.78 is 13.4. The Kier molecular flexibility index (Phi) is 4.37. The highest BCUT2D eigenvalue weighted by Crippen LogP contribution is 2.18. The molecule has 1 aliphatic rings. The van der Waals surface area contributed by atoms with Gasteiger partial charge in [-0.25, -0.2) is 4.39 Å². The van der Waals surface area contributed by atoms with Gasteiger partial charge in [-0.2, -0.15) is 0 Å². The third-order valence-electron chi connectivity index (χ3n) is 3.59. The van der Waals surface area contributed by atoms with Gasteiger partial charge in [0.2, 0.25) is 0 Å². The van der Waals surface area contributed by atoms with Crippen molar-refractivity contribution < 1.29 is 4.39 Å². The lowest BCUT2D eigenvalue weighted by atomic mass is 10.0. The molecule has 0 aliphatic carbocycles. The number of likely N-dealkylation sites (tertiary alicyclic amines) is 1.